The maximum Gasteiger partial charge on any atom is 0.407 e. The van der Waals surface area contributed by atoms with Crippen molar-refractivity contribution in [2.45, 2.75) is 60.9 Å². The van der Waals surface area contributed by atoms with Crippen molar-refractivity contribution < 1.29 is 33.9 Å². The zero-order valence-corrected chi connectivity index (χ0v) is 26.6. The van der Waals surface area contributed by atoms with Gasteiger partial charge in [-0.15, -0.1) is 11.8 Å². The van der Waals surface area contributed by atoms with E-state index in [2.05, 4.69) is 15.6 Å². The van der Waals surface area contributed by atoms with E-state index in [0.29, 0.717) is 11.4 Å². The number of nitrogens with one attached hydrogen (secondary N) is 2. The Hall–Kier alpha value is -3.50. The van der Waals surface area contributed by atoms with Crippen LogP contribution >= 0.6 is 33.3 Å². The van der Waals surface area contributed by atoms with Gasteiger partial charge in [0.15, 0.2) is 0 Å². The molecule has 1 aromatic carbocycles. The summed E-state index contributed by atoms with van der Waals surface area (Å²) in [5.74, 6) is -1.34. The molecule has 3 amide bonds. The van der Waals surface area contributed by atoms with Crippen molar-refractivity contribution in [3.63, 3.8) is 0 Å². The molecule has 43 heavy (non-hydrogen) atoms. The molecule has 0 aliphatic carbocycles. The van der Waals surface area contributed by atoms with Crippen LogP contribution in [0.4, 0.5) is 10.5 Å². The number of aliphatic carboxylic acids is 1. The van der Waals surface area contributed by atoms with Crippen LogP contribution in [-0.4, -0.2) is 81.0 Å². The third-order valence-corrected chi connectivity index (χ3v) is 9.63. The van der Waals surface area contributed by atoms with Crippen LogP contribution in [0, 0.1) is 10.1 Å². The van der Waals surface area contributed by atoms with Crippen LogP contribution in [-0.2, 0) is 19.1 Å². The molecule has 3 atom stereocenters. The van der Waals surface area contributed by atoms with Crippen molar-refractivity contribution in [3.8, 4) is 0 Å². The summed E-state index contributed by atoms with van der Waals surface area (Å²) in [6.45, 7) is 5.50. The van der Waals surface area contributed by atoms with Gasteiger partial charge in [0.1, 0.15) is 23.4 Å². The van der Waals surface area contributed by atoms with Crippen molar-refractivity contribution >= 4 is 62.9 Å². The Balaban J connectivity index is 1.60. The molecule has 2 rings (SSSR count). The monoisotopic (exact) mass is 653 g/mol. The van der Waals surface area contributed by atoms with E-state index in [0.717, 1.165) is 10.5 Å². The number of carbonyl (C=O) groups excluding carboxylic acids is 3. The topological polar surface area (TPSA) is 181 Å². The first-order valence-corrected chi connectivity index (χ1v) is 16.4. The molecule has 0 aliphatic rings. The second kappa shape index (κ2) is 18.2. The molecule has 1 heterocycles. The fraction of sp³-hybridized carbons (Fsp3) is 0.444. The molecule has 13 nitrogen and oxygen atoms in total. The van der Waals surface area contributed by atoms with Gasteiger partial charge in [0, 0.05) is 42.8 Å². The largest absolute Gasteiger partial charge is 0.480 e. The van der Waals surface area contributed by atoms with E-state index in [9.17, 15) is 29.3 Å². The highest BCUT2D eigenvalue weighted by molar-refractivity contribution is 8.76. The van der Waals surface area contributed by atoms with Crippen LogP contribution in [0.3, 0.4) is 0 Å². The van der Waals surface area contributed by atoms with Gasteiger partial charge in [0.25, 0.3) is 5.69 Å². The summed E-state index contributed by atoms with van der Waals surface area (Å²) in [6.07, 6.45) is 0.801. The number of ether oxygens (including phenoxy) is 1. The first-order valence-electron chi connectivity index (χ1n) is 13.2. The maximum absolute atomic E-state index is 12.2. The third-order valence-electron chi connectivity index (χ3n) is 6.10. The zero-order valence-electron chi connectivity index (χ0n) is 24.2. The van der Waals surface area contributed by atoms with E-state index in [1.165, 1.54) is 64.5 Å². The molecule has 1 aromatic heterocycles. The molecule has 16 heteroatoms. The fourth-order valence-electron chi connectivity index (χ4n) is 3.29. The molecular weight excluding hydrogens is 619 g/mol. The SMILES string of the molecule is CC(CCC(=O)N(C)[C@@H](C)C(=O)O)SCC(=O)NCCNC(=O)O[C@@H](C)c1ccc(SSc2ccc([N+](=O)[O-])cn2)cc1. The van der Waals surface area contributed by atoms with Gasteiger partial charge in [0.2, 0.25) is 11.8 Å². The lowest BCUT2D eigenvalue weighted by molar-refractivity contribution is -0.385. The number of aromatic nitrogens is 1. The summed E-state index contributed by atoms with van der Waals surface area (Å²) in [7, 11) is 4.27. The predicted octanol–water partition coefficient (Wildman–Crippen LogP) is 4.53. The molecule has 0 saturated heterocycles. The Kier molecular flexibility index (Phi) is 15.1. The van der Waals surface area contributed by atoms with E-state index < -0.39 is 29.1 Å². The lowest BCUT2D eigenvalue weighted by atomic mass is 10.1. The van der Waals surface area contributed by atoms with Crippen LogP contribution in [0.25, 0.3) is 0 Å². The molecule has 0 aliphatic heterocycles. The minimum absolute atomic E-state index is 0.0244. The zero-order chi connectivity index (χ0) is 31.9. The number of nitrogens with zero attached hydrogens (tertiary/aromatic N) is 3. The number of benzene rings is 1. The van der Waals surface area contributed by atoms with E-state index in [1.807, 2.05) is 31.2 Å². The van der Waals surface area contributed by atoms with Crippen molar-refractivity contribution in [3.05, 3.63) is 58.3 Å². The number of amides is 3. The minimum atomic E-state index is -1.06. The summed E-state index contributed by atoms with van der Waals surface area (Å²) >= 11 is 1.39. The standard InChI is InChI=1S/C27H35N5O8S3/c1-17(5-12-25(34)31(4)18(2)26(35)36)41-16-23(33)28-13-14-29-27(37)40-19(3)20-6-9-22(10-7-20)42-43-24-11-8-21(15-30-24)32(38)39/h6-11,15,17-19H,5,12-14,16H2,1-4H3,(H,28,33)(H,29,37)(H,35,36)/t17?,18-,19-/m0/s1. The van der Waals surface area contributed by atoms with Gasteiger partial charge in [-0.2, -0.15) is 0 Å². The molecule has 0 radical (unpaired) electrons. The quantitative estimate of drug-likeness (QED) is 0.0941. The molecule has 0 saturated carbocycles. The summed E-state index contributed by atoms with van der Waals surface area (Å²) in [5, 5.41) is 25.7. The summed E-state index contributed by atoms with van der Waals surface area (Å²) in [6, 6.07) is 9.53. The average molecular weight is 654 g/mol. The van der Waals surface area contributed by atoms with Gasteiger partial charge in [-0.1, -0.05) is 29.9 Å². The summed E-state index contributed by atoms with van der Waals surface area (Å²) < 4.78 is 5.41. The number of alkyl carbamates (subject to hydrolysis) is 1. The van der Waals surface area contributed by atoms with Gasteiger partial charge in [-0.25, -0.2) is 14.6 Å². The van der Waals surface area contributed by atoms with Crippen LogP contribution in [0.1, 0.15) is 45.3 Å². The Bertz CT molecular complexity index is 1250. The number of pyridine rings is 1. The van der Waals surface area contributed by atoms with E-state index in [1.54, 1.807) is 13.0 Å². The van der Waals surface area contributed by atoms with Gasteiger partial charge >= 0.3 is 12.1 Å². The number of carboxylic acids is 1. The lowest BCUT2D eigenvalue weighted by Gasteiger charge is -2.22. The normalized spacial score (nSPS) is 12.8. The van der Waals surface area contributed by atoms with Crippen LogP contribution < -0.4 is 10.6 Å². The fourth-order valence-corrected chi connectivity index (χ4v) is 5.93. The van der Waals surface area contributed by atoms with Crippen molar-refractivity contribution in [2.75, 3.05) is 25.9 Å². The molecular formula is C27H35N5O8S3. The highest BCUT2D eigenvalue weighted by atomic mass is 33.1. The molecule has 0 spiro atoms. The Morgan fingerprint density at radius 3 is 2.33 bits per heavy atom. The maximum atomic E-state index is 12.2. The molecule has 0 fully saturated rings. The second-order valence-electron chi connectivity index (χ2n) is 9.35. The third kappa shape index (κ3) is 13.1. The van der Waals surface area contributed by atoms with E-state index >= 15 is 0 Å². The van der Waals surface area contributed by atoms with Crippen molar-refractivity contribution in [2.24, 2.45) is 0 Å². The summed E-state index contributed by atoms with van der Waals surface area (Å²) in [5.41, 5.74) is 0.729. The average Bonchev–Trinajstić information content (AvgIpc) is 2.99. The van der Waals surface area contributed by atoms with E-state index in [-0.39, 0.29) is 48.0 Å². The Labute approximate surface area is 261 Å². The van der Waals surface area contributed by atoms with Crippen molar-refractivity contribution in [1.29, 1.82) is 0 Å². The van der Waals surface area contributed by atoms with Gasteiger partial charge in [-0.05, 0) is 54.8 Å². The van der Waals surface area contributed by atoms with E-state index in [4.69, 9.17) is 9.84 Å². The number of carbonyl (C=O) groups is 4. The highest BCUT2D eigenvalue weighted by Crippen LogP contribution is 2.37. The van der Waals surface area contributed by atoms with Gasteiger partial charge in [-0.3, -0.25) is 19.7 Å². The molecule has 0 bridgehead atoms. The predicted molar refractivity (Wildman–Crippen MR) is 166 cm³/mol. The first-order chi connectivity index (χ1) is 20.4. The lowest BCUT2D eigenvalue weighted by Crippen LogP contribution is -2.40. The number of rotatable bonds is 17. The van der Waals surface area contributed by atoms with Crippen LogP contribution in [0.15, 0.2) is 52.5 Å². The van der Waals surface area contributed by atoms with Gasteiger partial charge < -0.3 is 25.4 Å². The number of likely N-dealkylation sites (N-methyl/N-ethyl adjacent to an activating group) is 1. The molecule has 2 aromatic rings. The number of carboxylic acid groups (broad SMARTS) is 1. The number of thioether (sulfide) groups is 1. The Morgan fingerprint density at radius 1 is 1.05 bits per heavy atom. The van der Waals surface area contributed by atoms with Crippen molar-refractivity contribution in [1.82, 2.24) is 20.5 Å². The first kappa shape index (κ1) is 35.7. The minimum Gasteiger partial charge on any atom is -0.480 e. The highest BCUT2D eigenvalue weighted by Gasteiger charge is 2.22. The number of hydrogen-bond donors (Lipinski definition) is 3. The number of nitro groups is 1. The molecule has 3 N–H and O–H groups in total. The van der Waals surface area contributed by atoms with Crippen LogP contribution in [0.5, 0.6) is 0 Å². The summed E-state index contributed by atoms with van der Waals surface area (Å²) in [4.78, 5) is 63.8. The van der Waals surface area contributed by atoms with Crippen LogP contribution in [0.2, 0.25) is 0 Å². The molecule has 234 valence electrons. The Morgan fingerprint density at radius 2 is 1.72 bits per heavy atom. The van der Waals surface area contributed by atoms with Gasteiger partial charge in [0.05, 0.1) is 10.7 Å². The number of hydrogen-bond acceptors (Lipinski definition) is 11. The molecule has 1 unspecified atom stereocenters. The second-order valence-corrected chi connectivity index (χ2v) is 13.0. The smallest absolute Gasteiger partial charge is 0.407 e.